The summed E-state index contributed by atoms with van der Waals surface area (Å²) in [5.74, 6) is -0.911. The van der Waals surface area contributed by atoms with Gasteiger partial charge in [-0.15, -0.1) is 0 Å². The van der Waals surface area contributed by atoms with Crippen molar-refractivity contribution in [3.63, 3.8) is 0 Å². The predicted octanol–water partition coefficient (Wildman–Crippen LogP) is 4.17. The Morgan fingerprint density at radius 3 is 2.73 bits per heavy atom. The number of ether oxygens (including phenoxy) is 1. The molecule has 1 aromatic carbocycles. The van der Waals surface area contributed by atoms with Crippen molar-refractivity contribution < 1.29 is 14.3 Å². The number of carbonyl (C=O) groups is 2. The van der Waals surface area contributed by atoms with Crippen molar-refractivity contribution in [2.75, 3.05) is 5.32 Å². The van der Waals surface area contributed by atoms with Gasteiger partial charge in [0.15, 0.2) is 6.10 Å². The molecule has 0 bridgehead atoms. The summed E-state index contributed by atoms with van der Waals surface area (Å²) in [5.41, 5.74) is 1.28. The molecule has 0 aliphatic carbocycles. The van der Waals surface area contributed by atoms with E-state index in [2.05, 4.69) is 5.32 Å². The number of rotatable bonds is 5. The normalized spacial score (nSPS) is 11.8. The Bertz CT molecular complexity index is 673. The standard InChI is InChI=1S/C15H13Cl2NO3S/c1-9(21-14(19)6-10-4-5-22-8-10)15(20)18-13-3-2-11(16)7-12(13)17/h2-5,7-9H,6H2,1H3,(H,18,20)/t9-/m1/s1. The molecule has 2 rings (SSSR count). The minimum absolute atomic E-state index is 0.142. The van der Waals surface area contributed by atoms with E-state index >= 15 is 0 Å². The second-order valence-electron chi connectivity index (χ2n) is 4.55. The summed E-state index contributed by atoms with van der Waals surface area (Å²) < 4.78 is 5.11. The molecular formula is C15H13Cl2NO3S. The van der Waals surface area contributed by atoms with Gasteiger partial charge in [0.1, 0.15) is 0 Å². The molecule has 22 heavy (non-hydrogen) atoms. The lowest BCUT2D eigenvalue weighted by molar-refractivity contribution is -0.152. The molecule has 1 atom stereocenters. The van der Waals surface area contributed by atoms with Crippen LogP contribution in [0.1, 0.15) is 12.5 Å². The van der Waals surface area contributed by atoms with Gasteiger partial charge in [0.05, 0.1) is 17.1 Å². The molecule has 1 aromatic heterocycles. The zero-order chi connectivity index (χ0) is 16.1. The molecule has 7 heteroatoms. The van der Waals surface area contributed by atoms with Crippen molar-refractivity contribution in [2.45, 2.75) is 19.4 Å². The van der Waals surface area contributed by atoms with Crippen LogP contribution in [0.25, 0.3) is 0 Å². The Labute approximate surface area is 142 Å². The predicted molar refractivity (Wildman–Crippen MR) is 88.7 cm³/mol. The van der Waals surface area contributed by atoms with Crippen LogP contribution in [0.4, 0.5) is 5.69 Å². The first-order valence-electron chi connectivity index (χ1n) is 6.42. The molecule has 0 saturated heterocycles. The number of anilines is 1. The van der Waals surface area contributed by atoms with Gasteiger partial charge >= 0.3 is 5.97 Å². The lowest BCUT2D eigenvalue weighted by Crippen LogP contribution is -2.30. The Hall–Kier alpha value is -1.56. The highest BCUT2D eigenvalue weighted by molar-refractivity contribution is 7.08. The van der Waals surface area contributed by atoms with Crippen molar-refractivity contribution in [1.29, 1.82) is 0 Å². The topological polar surface area (TPSA) is 55.4 Å². The summed E-state index contributed by atoms with van der Waals surface area (Å²) in [7, 11) is 0. The molecule has 0 saturated carbocycles. The van der Waals surface area contributed by atoms with Gasteiger partial charge in [-0.05, 0) is 47.5 Å². The van der Waals surface area contributed by atoms with E-state index in [0.717, 1.165) is 5.56 Å². The first kappa shape index (κ1) is 16.8. The van der Waals surface area contributed by atoms with E-state index in [4.69, 9.17) is 27.9 Å². The number of hydrogen-bond donors (Lipinski definition) is 1. The van der Waals surface area contributed by atoms with E-state index in [1.807, 2.05) is 16.8 Å². The molecule has 0 spiro atoms. The molecule has 0 aliphatic rings. The maximum absolute atomic E-state index is 12.0. The van der Waals surface area contributed by atoms with Gasteiger partial charge in [-0.3, -0.25) is 9.59 Å². The zero-order valence-electron chi connectivity index (χ0n) is 11.6. The number of nitrogens with one attached hydrogen (secondary N) is 1. The smallest absolute Gasteiger partial charge is 0.311 e. The average molecular weight is 358 g/mol. The molecule has 4 nitrogen and oxygen atoms in total. The Balaban J connectivity index is 1.90. The van der Waals surface area contributed by atoms with Crippen molar-refractivity contribution in [3.8, 4) is 0 Å². The first-order valence-corrected chi connectivity index (χ1v) is 8.12. The van der Waals surface area contributed by atoms with Crippen LogP contribution in [-0.4, -0.2) is 18.0 Å². The van der Waals surface area contributed by atoms with Crippen LogP contribution in [0.3, 0.4) is 0 Å². The van der Waals surface area contributed by atoms with Crippen LogP contribution in [0.5, 0.6) is 0 Å². The number of hydrogen-bond acceptors (Lipinski definition) is 4. The second kappa shape index (κ2) is 7.63. The van der Waals surface area contributed by atoms with Crippen LogP contribution in [0, 0.1) is 0 Å². The van der Waals surface area contributed by atoms with E-state index in [1.54, 1.807) is 12.1 Å². The molecule has 0 unspecified atom stereocenters. The molecule has 1 heterocycles. The number of esters is 1. The highest BCUT2D eigenvalue weighted by Crippen LogP contribution is 2.25. The van der Waals surface area contributed by atoms with Gasteiger partial charge in [-0.2, -0.15) is 11.3 Å². The molecule has 116 valence electrons. The van der Waals surface area contributed by atoms with Crippen molar-refractivity contribution in [2.24, 2.45) is 0 Å². The van der Waals surface area contributed by atoms with Gasteiger partial charge in [0.25, 0.3) is 5.91 Å². The van der Waals surface area contributed by atoms with Gasteiger partial charge < -0.3 is 10.1 Å². The molecule has 0 aliphatic heterocycles. The van der Waals surface area contributed by atoms with E-state index in [9.17, 15) is 9.59 Å². The molecule has 2 aromatic rings. The maximum Gasteiger partial charge on any atom is 0.311 e. The minimum Gasteiger partial charge on any atom is -0.452 e. The second-order valence-corrected chi connectivity index (χ2v) is 6.18. The SMILES string of the molecule is C[C@@H](OC(=O)Cc1ccsc1)C(=O)Nc1ccc(Cl)cc1Cl. The highest BCUT2D eigenvalue weighted by Gasteiger charge is 2.19. The molecule has 1 amide bonds. The lowest BCUT2D eigenvalue weighted by Gasteiger charge is -2.14. The molecule has 0 radical (unpaired) electrons. The number of thiophene rings is 1. The van der Waals surface area contributed by atoms with E-state index in [-0.39, 0.29) is 6.42 Å². The third kappa shape index (κ3) is 4.73. The summed E-state index contributed by atoms with van der Waals surface area (Å²) in [6, 6.07) is 6.55. The summed E-state index contributed by atoms with van der Waals surface area (Å²) in [4.78, 5) is 23.8. The van der Waals surface area contributed by atoms with Crippen molar-refractivity contribution in [1.82, 2.24) is 0 Å². The number of halogens is 2. The van der Waals surface area contributed by atoms with Crippen LogP contribution in [0.2, 0.25) is 10.0 Å². The molecule has 1 N–H and O–H groups in total. The van der Waals surface area contributed by atoms with Gasteiger partial charge in [-0.1, -0.05) is 23.2 Å². The van der Waals surface area contributed by atoms with Gasteiger partial charge in [-0.25, -0.2) is 0 Å². The number of benzene rings is 1. The molecule has 0 fully saturated rings. The lowest BCUT2D eigenvalue weighted by atomic mass is 10.2. The average Bonchev–Trinajstić information content (AvgIpc) is 2.94. The van der Waals surface area contributed by atoms with Crippen molar-refractivity contribution in [3.05, 3.63) is 50.6 Å². The third-order valence-electron chi connectivity index (χ3n) is 2.80. The molecular weight excluding hydrogens is 345 g/mol. The van der Waals surface area contributed by atoms with E-state index in [1.165, 1.54) is 24.3 Å². The first-order chi connectivity index (χ1) is 10.5. The van der Waals surface area contributed by atoms with Crippen molar-refractivity contribution >= 4 is 52.1 Å². The zero-order valence-corrected chi connectivity index (χ0v) is 14.0. The monoisotopic (exact) mass is 357 g/mol. The highest BCUT2D eigenvalue weighted by atomic mass is 35.5. The summed E-state index contributed by atoms with van der Waals surface area (Å²) in [5, 5.41) is 7.12. The fourth-order valence-electron chi connectivity index (χ4n) is 1.68. The van der Waals surface area contributed by atoms with Crippen LogP contribution >= 0.6 is 34.5 Å². The quantitative estimate of drug-likeness (QED) is 0.817. The minimum atomic E-state index is -0.919. The third-order valence-corrected chi connectivity index (χ3v) is 4.07. The van der Waals surface area contributed by atoms with Gasteiger partial charge in [0, 0.05) is 5.02 Å². The Morgan fingerprint density at radius 1 is 1.32 bits per heavy atom. The van der Waals surface area contributed by atoms with Crippen LogP contribution in [-0.2, 0) is 20.7 Å². The largest absolute Gasteiger partial charge is 0.452 e. The maximum atomic E-state index is 12.0. The van der Waals surface area contributed by atoms with Gasteiger partial charge in [0.2, 0.25) is 0 Å². The summed E-state index contributed by atoms with van der Waals surface area (Å²) >= 11 is 13.3. The fourth-order valence-corrected chi connectivity index (χ4v) is 2.80. The number of amides is 1. The Kier molecular flexibility index (Phi) is 5.83. The summed E-state index contributed by atoms with van der Waals surface area (Å²) in [6.07, 6.45) is -0.777. The summed E-state index contributed by atoms with van der Waals surface area (Å²) in [6.45, 7) is 1.50. The number of carbonyl (C=O) groups excluding carboxylic acids is 2. The van der Waals surface area contributed by atoms with E-state index < -0.39 is 18.0 Å². The van der Waals surface area contributed by atoms with Crippen LogP contribution in [0.15, 0.2) is 35.0 Å². The van der Waals surface area contributed by atoms with Crippen LogP contribution < -0.4 is 5.32 Å². The fraction of sp³-hybridized carbons (Fsp3) is 0.200. The van der Waals surface area contributed by atoms with E-state index in [0.29, 0.717) is 15.7 Å². The Morgan fingerprint density at radius 2 is 2.09 bits per heavy atom.